The fourth-order valence-corrected chi connectivity index (χ4v) is 3.40. The highest BCUT2D eigenvalue weighted by atomic mass is 16.3. The van der Waals surface area contributed by atoms with E-state index in [9.17, 15) is 9.90 Å². The van der Waals surface area contributed by atoms with Crippen LogP contribution < -0.4 is 5.32 Å². The van der Waals surface area contributed by atoms with Gasteiger partial charge in [-0.2, -0.15) is 0 Å². The lowest BCUT2D eigenvalue weighted by Crippen LogP contribution is -2.44. The summed E-state index contributed by atoms with van der Waals surface area (Å²) in [6, 6.07) is 11.3. The predicted molar refractivity (Wildman–Crippen MR) is 97.4 cm³/mol. The van der Waals surface area contributed by atoms with E-state index < -0.39 is 0 Å². The number of carbonyl (C=O) groups is 1. The van der Waals surface area contributed by atoms with Gasteiger partial charge in [0, 0.05) is 25.4 Å². The van der Waals surface area contributed by atoms with Gasteiger partial charge in [-0.05, 0) is 48.9 Å². The van der Waals surface area contributed by atoms with E-state index in [-0.39, 0.29) is 17.9 Å². The second-order valence-corrected chi connectivity index (χ2v) is 6.78. The molecule has 134 valence electrons. The molecule has 25 heavy (non-hydrogen) atoms. The summed E-state index contributed by atoms with van der Waals surface area (Å²) in [5.74, 6) is 0.876. The molecule has 1 fully saturated rings. The molecule has 2 aromatic rings. The Hall–Kier alpha value is -2.27. The van der Waals surface area contributed by atoms with Crippen LogP contribution >= 0.6 is 0 Å². The van der Waals surface area contributed by atoms with Crippen LogP contribution in [-0.2, 0) is 6.54 Å². The Kier molecular flexibility index (Phi) is 5.43. The number of hydrogen-bond acceptors (Lipinski definition) is 4. The minimum Gasteiger partial charge on any atom is -0.467 e. The highest BCUT2D eigenvalue weighted by Gasteiger charge is 2.34. The van der Waals surface area contributed by atoms with Gasteiger partial charge in [0.1, 0.15) is 5.76 Å². The SMILES string of the molecule is CCC1(CO)CCN(C(=O)c2ccccc2NCc2ccco2)CC1. The van der Waals surface area contributed by atoms with Gasteiger partial charge >= 0.3 is 0 Å². The number of aliphatic hydroxyl groups excluding tert-OH is 1. The lowest BCUT2D eigenvalue weighted by Gasteiger charge is -2.40. The fraction of sp³-hybridized carbons (Fsp3) is 0.450. The van der Waals surface area contributed by atoms with Gasteiger partial charge in [0.15, 0.2) is 0 Å². The molecule has 1 aromatic carbocycles. The van der Waals surface area contributed by atoms with E-state index in [4.69, 9.17) is 4.42 Å². The van der Waals surface area contributed by atoms with Crippen molar-refractivity contribution in [3.8, 4) is 0 Å². The van der Waals surface area contributed by atoms with E-state index in [0.29, 0.717) is 25.2 Å². The van der Waals surface area contributed by atoms with Gasteiger partial charge in [0.05, 0.1) is 18.4 Å². The Morgan fingerprint density at radius 2 is 2.00 bits per heavy atom. The third-order valence-corrected chi connectivity index (χ3v) is 5.39. The van der Waals surface area contributed by atoms with Crippen LogP contribution in [0.4, 0.5) is 5.69 Å². The number of nitrogens with zero attached hydrogens (tertiary/aromatic N) is 1. The molecule has 1 saturated heterocycles. The van der Waals surface area contributed by atoms with E-state index >= 15 is 0 Å². The number of rotatable bonds is 6. The van der Waals surface area contributed by atoms with Crippen molar-refractivity contribution in [1.29, 1.82) is 0 Å². The zero-order chi connectivity index (χ0) is 17.7. The standard InChI is InChI=1S/C20H26N2O3/c1-2-20(15-23)9-11-22(12-10-20)19(24)17-7-3-4-8-18(17)21-14-16-6-5-13-25-16/h3-8,13,21,23H,2,9-12,14-15H2,1H3. The third kappa shape index (κ3) is 3.87. The molecule has 0 spiro atoms. The van der Waals surface area contributed by atoms with Gasteiger partial charge in [-0.15, -0.1) is 0 Å². The number of piperidine rings is 1. The molecule has 0 unspecified atom stereocenters. The largest absolute Gasteiger partial charge is 0.467 e. The summed E-state index contributed by atoms with van der Waals surface area (Å²) >= 11 is 0. The topological polar surface area (TPSA) is 65.7 Å². The molecule has 2 heterocycles. The molecular formula is C20H26N2O3. The number of hydrogen-bond donors (Lipinski definition) is 2. The van der Waals surface area contributed by atoms with Crippen LogP contribution in [0.5, 0.6) is 0 Å². The molecule has 1 aliphatic rings. The maximum absolute atomic E-state index is 13.0. The summed E-state index contributed by atoms with van der Waals surface area (Å²) in [5.41, 5.74) is 1.48. The van der Waals surface area contributed by atoms with Crippen molar-refractivity contribution >= 4 is 11.6 Å². The maximum Gasteiger partial charge on any atom is 0.255 e. The van der Waals surface area contributed by atoms with Crippen molar-refractivity contribution in [2.45, 2.75) is 32.7 Å². The van der Waals surface area contributed by atoms with Crippen molar-refractivity contribution in [3.05, 3.63) is 54.0 Å². The van der Waals surface area contributed by atoms with Crippen LogP contribution in [0, 0.1) is 5.41 Å². The number of furan rings is 1. The van der Waals surface area contributed by atoms with Gasteiger partial charge in [0.25, 0.3) is 5.91 Å². The van der Waals surface area contributed by atoms with E-state index in [0.717, 1.165) is 30.7 Å². The summed E-state index contributed by atoms with van der Waals surface area (Å²) in [6.07, 6.45) is 4.30. The van der Waals surface area contributed by atoms with Crippen molar-refractivity contribution in [1.82, 2.24) is 4.90 Å². The van der Waals surface area contributed by atoms with E-state index in [1.165, 1.54) is 0 Å². The molecule has 5 nitrogen and oxygen atoms in total. The Morgan fingerprint density at radius 1 is 1.24 bits per heavy atom. The Morgan fingerprint density at radius 3 is 2.64 bits per heavy atom. The third-order valence-electron chi connectivity index (χ3n) is 5.39. The average molecular weight is 342 g/mol. The fourth-order valence-electron chi connectivity index (χ4n) is 3.40. The van der Waals surface area contributed by atoms with Crippen molar-refractivity contribution < 1.29 is 14.3 Å². The zero-order valence-electron chi connectivity index (χ0n) is 14.7. The number of anilines is 1. The first-order valence-electron chi connectivity index (χ1n) is 8.93. The number of likely N-dealkylation sites (tertiary alicyclic amines) is 1. The second kappa shape index (κ2) is 7.74. The van der Waals surface area contributed by atoms with Crippen LogP contribution in [-0.4, -0.2) is 35.6 Å². The highest BCUT2D eigenvalue weighted by molar-refractivity contribution is 5.99. The Balaban J connectivity index is 1.68. The van der Waals surface area contributed by atoms with Crippen molar-refractivity contribution in [2.24, 2.45) is 5.41 Å². The second-order valence-electron chi connectivity index (χ2n) is 6.78. The van der Waals surface area contributed by atoms with Gasteiger partial charge < -0.3 is 19.7 Å². The summed E-state index contributed by atoms with van der Waals surface area (Å²) in [5, 5.41) is 13.0. The molecule has 0 saturated carbocycles. The summed E-state index contributed by atoms with van der Waals surface area (Å²) in [7, 11) is 0. The number of benzene rings is 1. The summed E-state index contributed by atoms with van der Waals surface area (Å²) in [6.45, 7) is 4.24. The number of amides is 1. The molecule has 0 bridgehead atoms. The minimum absolute atomic E-state index is 0.0200. The van der Waals surface area contributed by atoms with E-state index in [1.54, 1.807) is 6.26 Å². The molecule has 0 atom stereocenters. The first-order chi connectivity index (χ1) is 12.2. The lowest BCUT2D eigenvalue weighted by atomic mass is 9.77. The first-order valence-corrected chi connectivity index (χ1v) is 8.93. The van der Waals surface area contributed by atoms with E-state index in [1.807, 2.05) is 41.3 Å². The first kappa shape index (κ1) is 17.5. The predicted octanol–water partition coefficient (Wildman–Crippen LogP) is 3.52. The smallest absolute Gasteiger partial charge is 0.255 e. The molecule has 1 aliphatic heterocycles. The molecule has 5 heteroatoms. The van der Waals surface area contributed by atoms with Gasteiger partial charge in [0.2, 0.25) is 0 Å². The van der Waals surface area contributed by atoms with Gasteiger partial charge in [-0.25, -0.2) is 0 Å². The molecule has 1 amide bonds. The zero-order valence-corrected chi connectivity index (χ0v) is 14.7. The summed E-state index contributed by atoms with van der Waals surface area (Å²) < 4.78 is 5.34. The number of nitrogens with one attached hydrogen (secondary N) is 1. The molecular weight excluding hydrogens is 316 g/mol. The normalized spacial score (nSPS) is 16.6. The number of para-hydroxylation sites is 1. The quantitative estimate of drug-likeness (QED) is 0.843. The monoisotopic (exact) mass is 342 g/mol. The molecule has 0 radical (unpaired) electrons. The molecule has 0 aliphatic carbocycles. The van der Waals surface area contributed by atoms with Crippen LogP contribution in [0.3, 0.4) is 0 Å². The minimum atomic E-state index is -0.0200. The molecule has 1 aromatic heterocycles. The number of carbonyl (C=O) groups excluding carboxylic acids is 1. The molecule has 2 N–H and O–H groups in total. The van der Waals surface area contributed by atoms with E-state index in [2.05, 4.69) is 12.2 Å². The van der Waals surface area contributed by atoms with Gasteiger partial charge in [-0.1, -0.05) is 19.1 Å². The Labute approximate surface area is 148 Å². The van der Waals surface area contributed by atoms with Crippen LogP contribution in [0.2, 0.25) is 0 Å². The number of aliphatic hydroxyl groups is 1. The van der Waals surface area contributed by atoms with Crippen LogP contribution in [0.25, 0.3) is 0 Å². The maximum atomic E-state index is 13.0. The van der Waals surface area contributed by atoms with Crippen molar-refractivity contribution in [3.63, 3.8) is 0 Å². The average Bonchev–Trinajstić information content (AvgIpc) is 3.20. The Bertz CT molecular complexity index is 683. The van der Waals surface area contributed by atoms with Crippen LogP contribution in [0.15, 0.2) is 47.1 Å². The van der Waals surface area contributed by atoms with Crippen LogP contribution in [0.1, 0.15) is 42.3 Å². The highest BCUT2D eigenvalue weighted by Crippen LogP contribution is 2.35. The molecule has 3 rings (SSSR count). The van der Waals surface area contributed by atoms with Crippen molar-refractivity contribution in [2.75, 3.05) is 25.0 Å². The summed E-state index contributed by atoms with van der Waals surface area (Å²) in [4.78, 5) is 14.9. The lowest BCUT2D eigenvalue weighted by molar-refractivity contribution is 0.0338. The van der Waals surface area contributed by atoms with Gasteiger partial charge in [-0.3, -0.25) is 4.79 Å².